The maximum atomic E-state index is 5.94. The van der Waals surface area contributed by atoms with Gasteiger partial charge in [-0.3, -0.25) is 0 Å². The van der Waals surface area contributed by atoms with E-state index in [1.165, 1.54) is 25.9 Å². The van der Waals surface area contributed by atoms with E-state index in [-0.39, 0.29) is 5.54 Å². The van der Waals surface area contributed by atoms with Crippen molar-refractivity contribution < 1.29 is 0 Å². The number of nitrogens with two attached hydrogens (primary N) is 1. The number of nitrogens with zero attached hydrogens (tertiary/aromatic N) is 1. The quantitative estimate of drug-likeness (QED) is 0.708. The van der Waals surface area contributed by atoms with Gasteiger partial charge in [0.15, 0.2) is 0 Å². The molecular formula is C12H26N2. The van der Waals surface area contributed by atoms with E-state index in [2.05, 4.69) is 32.7 Å². The zero-order valence-corrected chi connectivity index (χ0v) is 10.2. The molecule has 1 aliphatic rings. The minimum atomic E-state index is 0.00765. The highest BCUT2D eigenvalue weighted by atomic mass is 15.1. The SMILES string of the molecule is CC1CC1CN(C)CCCC(C)(C)N. The van der Waals surface area contributed by atoms with Crippen LogP contribution in [0.15, 0.2) is 0 Å². The number of rotatable bonds is 6. The lowest BCUT2D eigenvalue weighted by Gasteiger charge is -2.21. The predicted molar refractivity (Wildman–Crippen MR) is 62.3 cm³/mol. The van der Waals surface area contributed by atoms with Crippen LogP contribution in [0.4, 0.5) is 0 Å². The third kappa shape index (κ3) is 4.97. The summed E-state index contributed by atoms with van der Waals surface area (Å²) in [5, 5.41) is 0. The highest BCUT2D eigenvalue weighted by Crippen LogP contribution is 2.37. The average molecular weight is 198 g/mol. The van der Waals surface area contributed by atoms with Crippen LogP contribution in [0.5, 0.6) is 0 Å². The van der Waals surface area contributed by atoms with Gasteiger partial charge in [0.1, 0.15) is 0 Å². The Labute approximate surface area is 88.8 Å². The second kappa shape index (κ2) is 4.63. The molecule has 84 valence electrons. The molecule has 0 radical (unpaired) electrons. The molecule has 0 bridgehead atoms. The van der Waals surface area contributed by atoms with Crippen LogP contribution in [0.1, 0.15) is 40.0 Å². The summed E-state index contributed by atoms with van der Waals surface area (Å²) < 4.78 is 0. The molecule has 0 aromatic heterocycles. The van der Waals surface area contributed by atoms with Gasteiger partial charge in [0.05, 0.1) is 0 Å². The van der Waals surface area contributed by atoms with Crippen LogP contribution in [0.2, 0.25) is 0 Å². The molecule has 2 unspecified atom stereocenters. The first kappa shape index (κ1) is 12.0. The van der Waals surface area contributed by atoms with Crippen molar-refractivity contribution in [1.82, 2.24) is 4.90 Å². The van der Waals surface area contributed by atoms with Gasteiger partial charge in [0.25, 0.3) is 0 Å². The molecule has 2 N–H and O–H groups in total. The fourth-order valence-electron chi connectivity index (χ4n) is 1.95. The van der Waals surface area contributed by atoms with Gasteiger partial charge in [-0.05, 0) is 58.5 Å². The molecule has 1 fully saturated rings. The van der Waals surface area contributed by atoms with Crippen molar-refractivity contribution in [2.24, 2.45) is 17.6 Å². The van der Waals surface area contributed by atoms with Crippen molar-refractivity contribution in [3.8, 4) is 0 Å². The largest absolute Gasteiger partial charge is 0.326 e. The molecule has 0 amide bonds. The van der Waals surface area contributed by atoms with Crippen LogP contribution in [0, 0.1) is 11.8 Å². The first-order chi connectivity index (χ1) is 6.38. The number of hydrogen-bond donors (Lipinski definition) is 1. The van der Waals surface area contributed by atoms with Crippen molar-refractivity contribution in [2.75, 3.05) is 20.1 Å². The Morgan fingerprint density at radius 2 is 2.00 bits per heavy atom. The highest BCUT2D eigenvalue weighted by molar-refractivity contribution is 4.84. The summed E-state index contributed by atoms with van der Waals surface area (Å²) in [7, 11) is 2.23. The van der Waals surface area contributed by atoms with Gasteiger partial charge in [0.2, 0.25) is 0 Å². The van der Waals surface area contributed by atoms with Crippen molar-refractivity contribution in [1.29, 1.82) is 0 Å². The lowest BCUT2D eigenvalue weighted by atomic mass is 10.00. The Morgan fingerprint density at radius 3 is 2.43 bits per heavy atom. The molecule has 14 heavy (non-hydrogen) atoms. The number of hydrogen-bond acceptors (Lipinski definition) is 2. The Balaban J connectivity index is 2.01. The maximum absolute atomic E-state index is 5.94. The standard InChI is InChI=1S/C12H26N2/c1-10-8-11(10)9-14(4)7-5-6-12(2,3)13/h10-11H,5-9,13H2,1-4H3. The Bertz CT molecular complexity index is 172. The van der Waals surface area contributed by atoms with Crippen LogP contribution in [-0.2, 0) is 0 Å². The Kier molecular flexibility index (Phi) is 3.96. The van der Waals surface area contributed by atoms with Crippen LogP contribution >= 0.6 is 0 Å². The van der Waals surface area contributed by atoms with E-state index in [1.54, 1.807) is 0 Å². The predicted octanol–water partition coefficient (Wildman–Crippen LogP) is 2.09. The van der Waals surface area contributed by atoms with E-state index in [0.717, 1.165) is 18.3 Å². The molecule has 0 aromatic rings. The van der Waals surface area contributed by atoms with Gasteiger partial charge >= 0.3 is 0 Å². The van der Waals surface area contributed by atoms with Crippen LogP contribution in [0.25, 0.3) is 0 Å². The van der Waals surface area contributed by atoms with E-state index in [4.69, 9.17) is 5.73 Å². The molecule has 0 heterocycles. The fraction of sp³-hybridized carbons (Fsp3) is 1.00. The van der Waals surface area contributed by atoms with Crippen LogP contribution in [-0.4, -0.2) is 30.6 Å². The summed E-state index contributed by atoms with van der Waals surface area (Å²) >= 11 is 0. The van der Waals surface area contributed by atoms with Crippen molar-refractivity contribution in [3.05, 3.63) is 0 Å². The van der Waals surface area contributed by atoms with E-state index in [9.17, 15) is 0 Å². The topological polar surface area (TPSA) is 29.3 Å². The normalized spacial score (nSPS) is 27.0. The van der Waals surface area contributed by atoms with Crippen molar-refractivity contribution in [3.63, 3.8) is 0 Å². The Hall–Kier alpha value is -0.0800. The monoisotopic (exact) mass is 198 g/mol. The van der Waals surface area contributed by atoms with Gasteiger partial charge in [-0.25, -0.2) is 0 Å². The van der Waals surface area contributed by atoms with Crippen LogP contribution in [0.3, 0.4) is 0 Å². The highest BCUT2D eigenvalue weighted by Gasteiger charge is 2.32. The first-order valence-electron chi connectivity index (χ1n) is 5.86. The van der Waals surface area contributed by atoms with Gasteiger partial charge in [-0.1, -0.05) is 6.92 Å². The second-order valence-electron chi connectivity index (χ2n) is 5.83. The molecule has 1 rings (SSSR count). The van der Waals surface area contributed by atoms with Gasteiger partial charge in [-0.2, -0.15) is 0 Å². The van der Waals surface area contributed by atoms with Crippen molar-refractivity contribution >= 4 is 0 Å². The molecule has 2 nitrogen and oxygen atoms in total. The van der Waals surface area contributed by atoms with E-state index < -0.39 is 0 Å². The summed E-state index contributed by atoms with van der Waals surface area (Å²) in [5.41, 5.74) is 5.95. The smallest absolute Gasteiger partial charge is 0.00975 e. The molecule has 2 heteroatoms. The molecule has 1 aliphatic carbocycles. The molecule has 0 spiro atoms. The summed E-state index contributed by atoms with van der Waals surface area (Å²) in [6.07, 6.45) is 3.78. The molecule has 2 atom stereocenters. The average Bonchev–Trinajstić information content (AvgIpc) is 2.63. The van der Waals surface area contributed by atoms with E-state index in [0.29, 0.717) is 0 Å². The fourth-order valence-corrected chi connectivity index (χ4v) is 1.95. The molecule has 1 saturated carbocycles. The van der Waals surface area contributed by atoms with E-state index in [1.807, 2.05) is 0 Å². The zero-order chi connectivity index (χ0) is 10.8. The minimum Gasteiger partial charge on any atom is -0.326 e. The van der Waals surface area contributed by atoms with E-state index >= 15 is 0 Å². The minimum absolute atomic E-state index is 0.00765. The lowest BCUT2D eigenvalue weighted by Crippen LogP contribution is -2.33. The summed E-state index contributed by atoms with van der Waals surface area (Å²) in [4.78, 5) is 2.46. The molecule has 0 aliphatic heterocycles. The third-order valence-electron chi connectivity index (χ3n) is 3.18. The summed E-state index contributed by atoms with van der Waals surface area (Å²) in [6.45, 7) is 9.05. The van der Waals surface area contributed by atoms with Crippen LogP contribution < -0.4 is 5.73 Å². The van der Waals surface area contributed by atoms with Gasteiger partial charge in [-0.15, -0.1) is 0 Å². The maximum Gasteiger partial charge on any atom is 0.00975 e. The second-order valence-corrected chi connectivity index (χ2v) is 5.83. The zero-order valence-electron chi connectivity index (χ0n) is 10.2. The first-order valence-corrected chi connectivity index (χ1v) is 5.86. The molecule has 0 saturated heterocycles. The van der Waals surface area contributed by atoms with Gasteiger partial charge < -0.3 is 10.6 Å². The van der Waals surface area contributed by atoms with Crippen molar-refractivity contribution in [2.45, 2.75) is 45.6 Å². The van der Waals surface area contributed by atoms with Gasteiger partial charge in [0, 0.05) is 12.1 Å². The summed E-state index contributed by atoms with van der Waals surface area (Å²) in [6, 6.07) is 0. The third-order valence-corrected chi connectivity index (χ3v) is 3.18. The lowest BCUT2D eigenvalue weighted by molar-refractivity contribution is 0.294. The molecule has 0 aromatic carbocycles. The molecular weight excluding hydrogens is 172 g/mol. The Morgan fingerprint density at radius 1 is 1.43 bits per heavy atom. The summed E-state index contributed by atoms with van der Waals surface area (Å²) in [5.74, 6) is 1.95.